The van der Waals surface area contributed by atoms with Gasteiger partial charge in [0.2, 0.25) is 0 Å². The monoisotopic (exact) mass is 438 g/mol. The second-order valence-electron chi connectivity index (χ2n) is 8.06. The van der Waals surface area contributed by atoms with E-state index in [-0.39, 0.29) is 11.7 Å². The van der Waals surface area contributed by atoms with Gasteiger partial charge in [0, 0.05) is 63.6 Å². The van der Waals surface area contributed by atoms with Gasteiger partial charge in [0.15, 0.2) is 0 Å². The number of benzene rings is 2. The van der Waals surface area contributed by atoms with Gasteiger partial charge < -0.3 is 19.6 Å². The lowest BCUT2D eigenvalue weighted by Gasteiger charge is -2.36. The van der Waals surface area contributed by atoms with E-state index in [0.717, 1.165) is 11.3 Å². The van der Waals surface area contributed by atoms with Crippen molar-refractivity contribution in [3.05, 3.63) is 65.5 Å². The predicted molar refractivity (Wildman–Crippen MR) is 119 cm³/mol. The van der Waals surface area contributed by atoms with Gasteiger partial charge in [0.25, 0.3) is 5.91 Å². The summed E-state index contributed by atoms with van der Waals surface area (Å²) in [6.07, 6.45) is 0. The first-order valence-corrected chi connectivity index (χ1v) is 10.9. The van der Waals surface area contributed by atoms with Crippen LogP contribution < -0.4 is 4.90 Å². The SMILES string of the molecule is CCN1CCN(Cc2ccc(C(=O)N3CCN(c4ccc(F)cc4)CC3)cc2)C(=O)C1=O. The zero-order chi connectivity index (χ0) is 22.7. The molecule has 3 amide bonds. The molecule has 0 spiro atoms. The molecule has 0 bridgehead atoms. The molecule has 2 fully saturated rings. The quantitative estimate of drug-likeness (QED) is 0.670. The van der Waals surface area contributed by atoms with Crippen LogP contribution in [0.1, 0.15) is 22.8 Å². The second-order valence-corrected chi connectivity index (χ2v) is 8.06. The molecule has 0 aliphatic carbocycles. The molecule has 0 radical (unpaired) electrons. The molecule has 0 aromatic heterocycles. The number of rotatable bonds is 5. The number of nitrogens with zero attached hydrogens (tertiary/aromatic N) is 4. The van der Waals surface area contributed by atoms with E-state index >= 15 is 0 Å². The number of likely N-dealkylation sites (N-methyl/N-ethyl adjacent to an activating group) is 1. The van der Waals surface area contributed by atoms with Crippen molar-refractivity contribution >= 4 is 23.4 Å². The van der Waals surface area contributed by atoms with Crippen LogP contribution >= 0.6 is 0 Å². The third-order valence-electron chi connectivity index (χ3n) is 6.11. The van der Waals surface area contributed by atoms with Crippen molar-refractivity contribution in [2.24, 2.45) is 0 Å². The van der Waals surface area contributed by atoms with Crippen molar-refractivity contribution in [3.8, 4) is 0 Å². The number of piperazine rings is 2. The van der Waals surface area contributed by atoms with Crippen molar-refractivity contribution in [1.29, 1.82) is 0 Å². The molecule has 2 aliphatic heterocycles. The molecule has 2 saturated heterocycles. The maximum atomic E-state index is 13.1. The fourth-order valence-corrected chi connectivity index (χ4v) is 4.14. The number of hydrogen-bond acceptors (Lipinski definition) is 4. The highest BCUT2D eigenvalue weighted by Gasteiger charge is 2.31. The lowest BCUT2D eigenvalue weighted by molar-refractivity contribution is -0.156. The molecule has 0 unspecified atom stereocenters. The van der Waals surface area contributed by atoms with Gasteiger partial charge in [-0.2, -0.15) is 0 Å². The summed E-state index contributed by atoms with van der Waals surface area (Å²) >= 11 is 0. The minimum atomic E-state index is -0.475. The summed E-state index contributed by atoms with van der Waals surface area (Å²) in [5, 5.41) is 0. The van der Waals surface area contributed by atoms with Crippen LogP contribution in [0.25, 0.3) is 0 Å². The Balaban J connectivity index is 1.32. The lowest BCUT2D eigenvalue weighted by atomic mass is 10.1. The maximum Gasteiger partial charge on any atom is 0.312 e. The summed E-state index contributed by atoms with van der Waals surface area (Å²) in [5.74, 6) is -1.22. The third-order valence-corrected chi connectivity index (χ3v) is 6.11. The maximum absolute atomic E-state index is 13.1. The summed E-state index contributed by atoms with van der Waals surface area (Å²) in [5.41, 5.74) is 2.44. The molecule has 8 heteroatoms. The van der Waals surface area contributed by atoms with Crippen LogP contribution in [0.15, 0.2) is 48.5 Å². The molecule has 2 aromatic carbocycles. The van der Waals surface area contributed by atoms with Crippen LogP contribution in [0.5, 0.6) is 0 Å². The highest BCUT2D eigenvalue weighted by molar-refractivity contribution is 6.35. The molecule has 4 rings (SSSR count). The summed E-state index contributed by atoms with van der Waals surface area (Å²) in [6.45, 7) is 6.37. The summed E-state index contributed by atoms with van der Waals surface area (Å²) < 4.78 is 13.1. The Morgan fingerprint density at radius 1 is 0.812 bits per heavy atom. The lowest BCUT2D eigenvalue weighted by Crippen LogP contribution is -2.53. The number of amides is 3. The average Bonchev–Trinajstić information content (AvgIpc) is 2.83. The Kier molecular flexibility index (Phi) is 6.39. The van der Waals surface area contributed by atoms with E-state index in [4.69, 9.17) is 0 Å². The van der Waals surface area contributed by atoms with E-state index in [2.05, 4.69) is 4.90 Å². The number of carbonyl (C=O) groups excluding carboxylic acids is 3. The molecule has 0 N–H and O–H groups in total. The smallest absolute Gasteiger partial charge is 0.312 e. The van der Waals surface area contributed by atoms with Gasteiger partial charge in [-0.15, -0.1) is 0 Å². The first-order valence-electron chi connectivity index (χ1n) is 10.9. The van der Waals surface area contributed by atoms with E-state index in [1.807, 2.05) is 24.0 Å². The van der Waals surface area contributed by atoms with Gasteiger partial charge in [0.05, 0.1) is 0 Å². The zero-order valence-corrected chi connectivity index (χ0v) is 18.2. The largest absolute Gasteiger partial charge is 0.368 e. The summed E-state index contributed by atoms with van der Waals surface area (Å²) in [7, 11) is 0. The van der Waals surface area contributed by atoms with Gasteiger partial charge in [-0.3, -0.25) is 14.4 Å². The van der Waals surface area contributed by atoms with Gasteiger partial charge >= 0.3 is 11.8 Å². The van der Waals surface area contributed by atoms with Crippen molar-refractivity contribution in [2.45, 2.75) is 13.5 Å². The van der Waals surface area contributed by atoms with E-state index in [0.29, 0.717) is 57.9 Å². The van der Waals surface area contributed by atoms with E-state index in [1.54, 1.807) is 34.1 Å². The standard InChI is InChI=1S/C24H27FN4O3/c1-2-26-11-16-29(24(32)23(26)31)17-18-3-5-19(6-4-18)22(30)28-14-12-27(13-15-28)21-9-7-20(25)8-10-21/h3-10H,2,11-17H2,1H3. The highest BCUT2D eigenvalue weighted by Crippen LogP contribution is 2.18. The molecule has 168 valence electrons. The van der Waals surface area contributed by atoms with E-state index in [1.165, 1.54) is 12.1 Å². The zero-order valence-electron chi connectivity index (χ0n) is 18.2. The summed E-state index contributed by atoms with van der Waals surface area (Å²) in [6, 6.07) is 13.6. The van der Waals surface area contributed by atoms with Crippen molar-refractivity contribution in [3.63, 3.8) is 0 Å². The topological polar surface area (TPSA) is 64.2 Å². The minimum absolute atomic E-state index is 0.0295. The van der Waals surface area contributed by atoms with Crippen LogP contribution in [-0.2, 0) is 16.1 Å². The Hall–Kier alpha value is -3.42. The van der Waals surface area contributed by atoms with Crippen LogP contribution in [0.4, 0.5) is 10.1 Å². The Morgan fingerprint density at radius 2 is 1.41 bits per heavy atom. The van der Waals surface area contributed by atoms with E-state index < -0.39 is 11.8 Å². The number of halogens is 1. The molecule has 2 aliphatic rings. The van der Waals surface area contributed by atoms with Crippen LogP contribution in [0.3, 0.4) is 0 Å². The van der Waals surface area contributed by atoms with Gasteiger partial charge in [-0.25, -0.2) is 4.39 Å². The average molecular weight is 439 g/mol. The Labute approximate surface area is 187 Å². The van der Waals surface area contributed by atoms with Gasteiger partial charge in [0.1, 0.15) is 5.82 Å². The fourth-order valence-electron chi connectivity index (χ4n) is 4.14. The first-order chi connectivity index (χ1) is 15.5. The first kappa shape index (κ1) is 21.8. The molecular weight excluding hydrogens is 411 g/mol. The third kappa shape index (κ3) is 4.59. The van der Waals surface area contributed by atoms with Crippen LogP contribution in [0.2, 0.25) is 0 Å². The van der Waals surface area contributed by atoms with Crippen LogP contribution in [-0.4, -0.2) is 78.2 Å². The number of carbonyl (C=O) groups is 3. The summed E-state index contributed by atoms with van der Waals surface area (Å²) in [4.78, 5) is 44.3. The van der Waals surface area contributed by atoms with Crippen LogP contribution in [0, 0.1) is 5.82 Å². The van der Waals surface area contributed by atoms with Gasteiger partial charge in [-0.1, -0.05) is 12.1 Å². The molecule has 2 aromatic rings. The Bertz CT molecular complexity index is 985. The highest BCUT2D eigenvalue weighted by atomic mass is 19.1. The molecular formula is C24H27FN4O3. The molecule has 32 heavy (non-hydrogen) atoms. The van der Waals surface area contributed by atoms with Crippen molar-refractivity contribution in [1.82, 2.24) is 14.7 Å². The molecule has 0 saturated carbocycles. The van der Waals surface area contributed by atoms with E-state index in [9.17, 15) is 18.8 Å². The molecule has 0 atom stereocenters. The molecule has 2 heterocycles. The second kappa shape index (κ2) is 9.38. The minimum Gasteiger partial charge on any atom is -0.368 e. The van der Waals surface area contributed by atoms with Crippen molar-refractivity contribution in [2.75, 3.05) is 50.7 Å². The number of anilines is 1. The number of hydrogen-bond donors (Lipinski definition) is 0. The Morgan fingerprint density at radius 3 is 2.03 bits per heavy atom. The van der Waals surface area contributed by atoms with Crippen molar-refractivity contribution < 1.29 is 18.8 Å². The van der Waals surface area contributed by atoms with Gasteiger partial charge in [-0.05, 0) is 48.9 Å². The normalized spacial score (nSPS) is 17.2. The molecule has 7 nitrogen and oxygen atoms in total. The predicted octanol–water partition coefficient (Wildman–Crippen LogP) is 1.98. The fraction of sp³-hybridized carbons (Fsp3) is 0.375.